The first-order valence-electron chi connectivity index (χ1n) is 7.80. The quantitative estimate of drug-likeness (QED) is 0.587. The van der Waals surface area contributed by atoms with Gasteiger partial charge in [0.15, 0.2) is 0 Å². The number of halogens is 2. The van der Waals surface area contributed by atoms with Gasteiger partial charge >= 0.3 is 5.97 Å². The van der Waals surface area contributed by atoms with Gasteiger partial charge in [-0.2, -0.15) is 0 Å². The van der Waals surface area contributed by atoms with Crippen molar-refractivity contribution in [2.24, 2.45) is 0 Å². The molecule has 11 heteroatoms. The number of carbonyl (C=O) groups excluding carboxylic acids is 1. The number of aromatic amines is 1. The highest BCUT2D eigenvalue weighted by Crippen LogP contribution is 2.23. The van der Waals surface area contributed by atoms with Crippen LogP contribution in [0, 0.1) is 0 Å². The number of hydrogen-bond donors (Lipinski definition) is 2. The van der Waals surface area contributed by atoms with Crippen LogP contribution in [0.1, 0.15) is 16.2 Å². The van der Waals surface area contributed by atoms with Crippen LogP contribution in [-0.4, -0.2) is 31.4 Å². The average molecular weight is 442 g/mol. The van der Waals surface area contributed by atoms with Crippen molar-refractivity contribution >= 4 is 50.1 Å². The van der Waals surface area contributed by atoms with Crippen LogP contribution in [0.4, 0.5) is 0 Å². The molecule has 0 bridgehead atoms. The fourth-order valence-electron chi connectivity index (χ4n) is 2.39. The molecule has 0 aliphatic carbocycles. The van der Waals surface area contributed by atoms with Crippen molar-refractivity contribution in [2.75, 3.05) is 7.05 Å². The van der Waals surface area contributed by atoms with E-state index in [0.717, 1.165) is 6.07 Å². The summed E-state index contributed by atoms with van der Waals surface area (Å²) >= 11 is 11.8. The second-order valence-corrected chi connectivity index (χ2v) is 8.30. The number of H-pyrrole nitrogens is 1. The van der Waals surface area contributed by atoms with Crippen LogP contribution in [0.25, 0.3) is 10.9 Å². The Morgan fingerprint density at radius 2 is 1.96 bits per heavy atom. The van der Waals surface area contributed by atoms with E-state index in [1.54, 1.807) is 6.07 Å². The summed E-state index contributed by atoms with van der Waals surface area (Å²) in [7, 11) is -2.62. The van der Waals surface area contributed by atoms with Crippen LogP contribution in [0.3, 0.4) is 0 Å². The van der Waals surface area contributed by atoms with E-state index in [2.05, 4.69) is 14.7 Å². The SMILES string of the molecule is CNS(=O)(=O)c1cc(C(=O)OCc2nc3cc(Cl)ccc3c(=O)[nH]2)ccc1Cl. The molecule has 0 fully saturated rings. The molecule has 0 aliphatic heterocycles. The second kappa shape index (κ2) is 7.88. The zero-order valence-corrected chi connectivity index (χ0v) is 16.7. The number of hydrogen-bond acceptors (Lipinski definition) is 6. The van der Waals surface area contributed by atoms with Crippen LogP contribution >= 0.6 is 23.2 Å². The van der Waals surface area contributed by atoms with Crippen LogP contribution in [0.5, 0.6) is 0 Å². The third kappa shape index (κ3) is 4.17. The highest BCUT2D eigenvalue weighted by Gasteiger charge is 2.19. The van der Waals surface area contributed by atoms with E-state index in [1.807, 2.05) is 0 Å². The summed E-state index contributed by atoms with van der Waals surface area (Å²) in [6.07, 6.45) is 0. The Bertz CT molecular complexity index is 1240. The average Bonchev–Trinajstić information content (AvgIpc) is 2.66. The van der Waals surface area contributed by atoms with E-state index in [-0.39, 0.29) is 27.9 Å². The molecule has 28 heavy (non-hydrogen) atoms. The van der Waals surface area contributed by atoms with Crippen LogP contribution in [-0.2, 0) is 21.4 Å². The maximum absolute atomic E-state index is 12.3. The Hall–Kier alpha value is -2.46. The van der Waals surface area contributed by atoms with Crippen molar-refractivity contribution < 1.29 is 17.9 Å². The van der Waals surface area contributed by atoms with E-state index < -0.39 is 21.6 Å². The van der Waals surface area contributed by atoms with Gasteiger partial charge in [-0.1, -0.05) is 23.2 Å². The lowest BCUT2D eigenvalue weighted by Crippen LogP contribution is -2.20. The van der Waals surface area contributed by atoms with Crippen molar-refractivity contribution in [3.63, 3.8) is 0 Å². The van der Waals surface area contributed by atoms with E-state index in [4.69, 9.17) is 27.9 Å². The summed E-state index contributed by atoms with van der Waals surface area (Å²) in [6.45, 7) is -0.326. The maximum Gasteiger partial charge on any atom is 0.338 e. The number of carbonyl (C=O) groups is 1. The molecule has 0 amide bonds. The minimum Gasteiger partial charge on any atom is -0.454 e. The van der Waals surface area contributed by atoms with Gasteiger partial charge in [0, 0.05) is 5.02 Å². The first-order chi connectivity index (χ1) is 13.2. The number of ether oxygens (including phenoxy) is 1. The molecule has 146 valence electrons. The van der Waals surface area contributed by atoms with E-state index in [1.165, 1.54) is 31.3 Å². The number of esters is 1. The Balaban J connectivity index is 1.84. The smallest absolute Gasteiger partial charge is 0.338 e. The molecule has 0 spiro atoms. The molecule has 0 aliphatic rings. The van der Waals surface area contributed by atoms with Gasteiger partial charge < -0.3 is 9.72 Å². The molecule has 0 radical (unpaired) electrons. The number of nitrogens with zero attached hydrogens (tertiary/aromatic N) is 1. The van der Waals surface area contributed by atoms with Crippen LogP contribution in [0.15, 0.2) is 46.1 Å². The lowest BCUT2D eigenvalue weighted by atomic mass is 10.2. The monoisotopic (exact) mass is 441 g/mol. The molecule has 2 N–H and O–H groups in total. The van der Waals surface area contributed by atoms with Crippen molar-refractivity contribution in [3.8, 4) is 0 Å². The normalized spacial score (nSPS) is 11.5. The van der Waals surface area contributed by atoms with Gasteiger partial charge in [0.1, 0.15) is 17.3 Å². The third-order valence-electron chi connectivity index (χ3n) is 3.78. The third-order valence-corrected chi connectivity index (χ3v) is 5.91. The van der Waals surface area contributed by atoms with Crippen LogP contribution < -0.4 is 10.3 Å². The lowest BCUT2D eigenvalue weighted by molar-refractivity contribution is 0.0462. The molecule has 0 saturated heterocycles. The summed E-state index contributed by atoms with van der Waals surface area (Å²) in [5.74, 6) is -0.691. The summed E-state index contributed by atoms with van der Waals surface area (Å²) in [5.41, 5.74) is -0.0674. The van der Waals surface area contributed by atoms with Gasteiger partial charge in [0.25, 0.3) is 5.56 Å². The molecule has 2 aromatic carbocycles. The van der Waals surface area contributed by atoms with Gasteiger partial charge in [-0.25, -0.2) is 22.9 Å². The second-order valence-electron chi connectivity index (χ2n) is 5.60. The van der Waals surface area contributed by atoms with Crippen molar-refractivity contribution in [1.29, 1.82) is 0 Å². The van der Waals surface area contributed by atoms with E-state index in [0.29, 0.717) is 15.9 Å². The fourth-order valence-corrected chi connectivity index (χ4v) is 3.81. The zero-order chi connectivity index (χ0) is 20.5. The van der Waals surface area contributed by atoms with Gasteiger partial charge in [0.2, 0.25) is 10.0 Å². The zero-order valence-electron chi connectivity index (χ0n) is 14.3. The number of aromatic nitrogens is 2. The Labute approximate surface area is 169 Å². The first-order valence-corrected chi connectivity index (χ1v) is 10.0. The predicted octanol–water partition coefficient (Wildman–Crippen LogP) is 2.50. The summed E-state index contributed by atoms with van der Waals surface area (Å²) in [4.78, 5) is 30.8. The van der Waals surface area contributed by atoms with Gasteiger partial charge in [0.05, 0.1) is 21.5 Å². The standard InChI is InChI=1S/C17H13Cl2N3O5S/c1-20-28(25,26)14-6-9(2-5-12(14)19)17(24)27-8-15-21-13-7-10(18)3-4-11(13)16(23)22-15/h2-7,20H,8H2,1H3,(H,21,22,23). The Morgan fingerprint density at radius 3 is 2.68 bits per heavy atom. The molecular weight excluding hydrogens is 429 g/mol. The largest absolute Gasteiger partial charge is 0.454 e. The molecule has 3 aromatic rings. The van der Waals surface area contributed by atoms with E-state index >= 15 is 0 Å². The molecular formula is C17H13Cl2N3O5S. The molecule has 1 aromatic heterocycles. The molecule has 0 saturated carbocycles. The highest BCUT2D eigenvalue weighted by atomic mass is 35.5. The Kier molecular flexibility index (Phi) is 5.71. The molecule has 0 atom stereocenters. The number of nitrogens with one attached hydrogen (secondary N) is 2. The predicted molar refractivity (Wildman–Crippen MR) is 104 cm³/mol. The van der Waals surface area contributed by atoms with Crippen molar-refractivity contribution in [2.45, 2.75) is 11.5 Å². The topological polar surface area (TPSA) is 118 Å². The molecule has 8 nitrogen and oxygen atoms in total. The molecule has 1 heterocycles. The number of benzene rings is 2. The minimum atomic E-state index is -3.85. The number of sulfonamides is 1. The maximum atomic E-state index is 12.3. The Morgan fingerprint density at radius 1 is 1.21 bits per heavy atom. The van der Waals surface area contributed by atoms with Crippen molar-refractivity contribution in [3.05, 3.63) is 68.2 Å². The summed E-state index contributed by atoms with van der Waals surface area (Å²) < 4.78 is 31.2. The fraction of sp³-hybridized carbons (Fsp3) is 0.118. The number of rotatable bonds is 5. The number of fused-ring (bicyclic) bond motifs is 1. The minimum absolute atomic E-state index is 0.0237. The first kappa shape index (κ1) is 20.3. The highest BCUT2D eigenvalue weighted by molar-refractivity contribution is 7.89. The molecule has 3 rings (SSSR count). The van der Waals surface area contributed by atoms with Crippen molar-refractivity contribution in [1.82, 2.24) is 14.7 Å². The van der Waals surface area contributed by atoms with Gasteiger partial charge in [-0.05, 0) is 43.4 Å². The van der Waals surface area contributed by atoms with Gasteiger partial charge in [-0.15, -0.1) is 0 Å². The van der Waals surface area contributed by atoms with Gasteiger partial charge in [-0.3, -0.25) is 4.79 Å². The lowest BCUT2D eigenvalue weighted by Gasteiger charge is -2.09. The summed E-state index contributed by atoms with van der Waals surface area (Å²) in [5, 5.41) is 0.718. The molecule has 0 unspecified atom stereocenters. The van der Waals surface area contributed by atoms with E-state index in [9.17, 15) is 18.0 Å². The van der Waals surface area contributed by atoms with Crippen LogP contribution in [0.2, 0.25) is 10.0 Å². The summed E-state index contributed by atoms with van der Waals surface area (Å²) in [6, 6.07) is 8.34.